The van der Waals surface area contributed by atoms with E-state index in [9.17, 15) is 13.5 Å². The van der Waals surface area contributed by atoms with Crippen molar-refractivity contribution in [1.29, 1.82) is 0 Å². The van der Waals surface area contributed by atoms with Crippen LogP contribution in [0.1, 0.15) is 26.0 Å². The molecule has 0 spiro atoms. The average Bonchev–Trinajstić information content (AvgIpc) is 2.80. The number of aliphatic hydroxyl groups is 1. The molecule has 1 aromatic heterocycles. The van der Waals surface area contributed by atoms with Gasteiger partial charge in [-0.1, -0.05) is 19.8 Å². The van der Waals surface area contributed by atoms with Crippen LogP contribution in [0.2, 0.25) is 0 Å². The van der Waals surface area contributed by atoms with E-state index in [2.05, 4.69) is 5.92 Å². The minimum atomic E-state index is -3.58. The third kappa shape index (κ3) is 3.38. The van der Waals surface area contributed by atoms with Crippen LogP contribution in [-0.2, 0) is 23.2 Å². The van der Waals surface area contributed by atoms with Crippen molar-refractivity contribution in [2.75, 3.05) is 13.1 Å². The van der Waals surface area contributed by atoms with Crippen molar-refractivity contribution < 1.29 is 13.5 Å². The number of aromatic nitrogens is 1. The summed E-state index contributed by atoms with van der Waals surface area (Å²) in [7, 11) is -3.58. The second-order valence-corrected chi connectivity index (χ2v) is 6.09. The van der Waals surface area contributed by atoms with Crippen molar-refractivity contribution in [3.8, 4) is 12.3 Å². The van der Waals surface area contributed by atoms with Gasteiger partial charge in [0.05, 0.1) is 13.2 Å². The topological polar surface area (TPSA) is 62.5 Å². The molecule has 1 rings (SSSR count). The molecule has 1 aromatic rings. The van der Waals surface area contributed by atoms with Crippen LogP contribution in [0.5, 0.6) is 0 Å². The zero-order valence-corrected chi connectivity index (χ0v) is 12.2. The van der Waals surface area contributed by atoms with Gasteiger partial charge in [0.15, 0.2) is 0 Å². The lowest BCUT2D eigenvalue weighted by Gasteiger charge is -2.16. The molecule has 0 aliphatic carbocycles. The summed E-state index contributed by atoms with van der Waals surface area (Å²) in [6, 6.07) is 1.50. The molecule has 5 nitrogen and oxygen atoms in total. The first-order valence-electron chi connectivity index (χ1n) is 6.24. The highest BCUT2D eigenvalue weighted by atomic mass is 32.2. The largest absolute Gasteiger partial charge is 0.390 e. The molecule has 1 N–H and O–H groups in total. The Morgan fingerprint density at radius 2 is 2.16 bits per heavy atom. The van der Waals surface area contributed by atoms with Gasteiger partial charge in [0.1, 0.15) is 4.90 Å². The number of aryl methyl sites for hydroxylation is 1. The normalized spacial score (nSPS) is 11.7. The summed E-state index contributed by atoms with van der Waals surface area (Å²) < 4.78 is 27.7. The molecule has 0 aliphatic heterocycles. The number of rotatable bonds is 7. The van der Waals surface area contributed by atoms with E-state index in [0.29, 0.717) is 18.8 Å². The molecule has 6 heteroatoms. The van der Waals surface area contributed by atoms with Gasteiger partial charge in [-0.05, 0) is 12.5 Å². The molecule has 1 heterocycles. The minimum absolute atomic E-state index is 0.0479. The lowest BCUT2D eigenvalue weighted by molar-refractivity contribution is 0.270. The van der Waals surface area contributed by atoms with Crippen LogP contribution in [0, 0.1) is 12.3 Å². The third-order valence-corrected chi connectivity index (χ3v) is 4.73. The van der Waals surface area contributed by atoms with Gasteiger partial charge >= 0.3 is 0 Å². The van der Waals surface area contributed by atoms with Gasteiger partial charge < -0.3 is 9.67 Å². The first-order chi connectivity index (χ1) is 9.01. The number of sulfonamides is 1. The Hall–Kier alpha value is -1.29. The molecule has 0 saturated heterocycles. The maximum absolute atomic E-state index is 12.4. The molecule has 0 bridgehead atoms. The molecule has 106 valence electrons. The lowest BCUT2D eigenvalue weighted by atomic mass is 10.4. The van der Waals surface area contributed by atoms with Gasteiger partial charge in [-0.2, -0.15) is 4.31 Å². The highest BCUT2D eigenvalue weighted by Gasteiger charge is 2.24. The summed E-state index contributed by atoms with van der Waals surface area (Å²) in [5.74, 6) is 2.35. The van der Waals surface area contributed by atoms with Crippen molar-refractivity contribution in [3.63, 3.8) is 0 Å². The van der Waals surface area contributed by atoms with Crippen molar-refractivity contribution in [2.24, 2.45) is 0 Å². The molecular weight excluding hydrogens is 264 g/mol. The maximum atomic E-state index is 12.4. The smallest absolute Gasteiger partial charge is 0.245 e. The Morgan fingerprint density at radius 3 is 2.63 bits per heavy atom. The van der Waals surface area contributed by atoms with Crippen molar-refractivity contribution in [3.05, 3.63) is 18.0 Å². The lowest BCUT2D eigenvalue weighted by Crippen LogP contribution is -2.31. The molecule has 0 aromatic carbocycles. The zero-order valence-electron chi connectivity index (χ0n) is 11.3. The van der Waals surface area contributed by atoms with Crippen LogP contribution in [0.25, 0.3) is 0 Å². The van der Waals surface area contributed by atoms with E-state index in [4.69, 9.17) is 6.42 Å². The SMILES string of the molecule is C#CCN(CC)S(=O)(=O)c1cc(CO)n(CCC)c1. The highest BCUT2D eigenvalue weighted by Crippen LogP contribution is 2.19. The molecule has 0 fully saturated rings. The third-order valence-electron chi connectivity index (χ3n) is 2.85. The summed E-state index contributed by atoms with van der Waals surface area (Å²) >= 11 is 0. The van der Waals surface area contributed by atoms with Crippen LogP contribution in [0.4, 0.5) is 0 Å². The predicted octanol–water partition coefficient (Wildman–Crippen LogP) is 1.03. The quantitative estimate of drug-likeness (QED) is 0.761. The van der Waals surface area contributed by atoms with Crippen LogP contribution in [-0.4, -0.2) is 35.5 Å². The number of hydrogen-bond donors (Lipinski definition) is 1. The van der Waals surface area contributed by atoms with E-state index in [-0.39, 0.29) is 18.0 Å². The number of hydrogen-bond acceptors (Lipinski definition) is 3. The summed E-state index contributed by atoms with van der Waals surface area (Å²) in [6.45, 7) is 4.59. The summed E-state index contributed by atoms with van der Waals surface area (Å²) in [6.07, 6.45) is 7.61. The van der Waals surface area contributed by atoms with Crippen LogP contribution >= 0.6 is 0 Å². The molecule has 19 heavy (non-hydrogen) atoms. The highest BCUT2D eigenvalue weighted by molar-refractivity contribution is 7.89. The first kappa shape index (κ1) is 15.8. The van der Waals surface area contributed by atoms with Crippen LogP contribution < -0.4 is 0 Å². The molecule has 0 atom stereocenters. The fourth-order valence-corrected chi connectivity index (χ4v) is 3.29. The van der Waals surface area contributed by atoms with Gasteiger partial charge in [0.25, 0.3) is 0 Å². The van der Waals surface area contributed by atoms with Gasteiger partial charge in [0.2, 0.25) is 10.0 Å². The molecule has 0 radical (unpaired) electrons. The fourth-order valence-electron chi connectivity index (χ4n) is 1.87. The van der Waals surface area contributed by atoms with Gasteiger partial charge in [0, 0.05) is 25.0 Å². The second-order valence-electron chi connectivity index (χ2n) is 4.15. The van der Waals surface area contributed by atoms with E-state index in [1.807, 2.05) is 6.92 Å². The molecule has 0 amide bonds. The van der Waals surface area contributed by atoms with Gasteiger partial charge in [-0.25, -0.2) is 8.42 Å². The predicted molar refractivity (Wildman–Crippen MR) is 73.9 cm³/mol. The van der Waals surface area contributed by atoms with Crippen molar-refractivity contribution in [2.45, 2.75) is 38.3 Å². The molecular formula is C13H20N2O3S. The molecule has 0 unspecified atom stereocenters. The van der Waals surface area contributed by atoms with E-state index >= 15 is 0 Å². The van der Waals surface area contributed by atoms with Crippen molar-refractivity contribution >= 4 is 10.0 Å². The molecule has 0 aliphatic rings. The van der Waals surface area contributed by atoms with Crippen LogP contribution in [0.3, 0.4) is 0 Å². The standard InChI is InChI=1S/C13H20N2O3S/c1-4-7-14-10-13(9-12(14)11-16)19(17,18)15(6-3)8-5-2/h2,9-10,16H,4,6-8,11H2,1,3H3. The minimum Gasteiger partial charge on any atom is -0.390 e. The Bertz CT molecular complexity index is 555. The zero-order chi connectivity index (χ0) is 14.5. The number of aliphatic hydroxyl groups excluding tert-OH is 1. The maximum Gasteiger partial charge on any atom is 0.245 e. The van der Waals surface area contributed by atoms with E-state index < -0.39 is 10.0 Å². The summed E-state index contributed by atoms with van der Waals surface area (Å²) in [4.78, 5) is 0.183. The van der Waals surface area contributed by atoms with Crippen LogP contribution in [0.15, 0.2) is 17.2 Å². The first-order valence-corrected chi connectivity index (χ1v) is 7.68. The number of nitrogens with zero attached hydrogens (tertiary/aromatic N) is 2. The fraction of sp³-hybridized carbons (Fsp3) is 0.538. The van der Waals surface area contributed by atoms with Crippen molar-refractivity contribution in [1.82, 2.24) is 8.87 Å². The van der Waals surface area contributed by atoms with Gasteiger partial charge in [-0.3, -0.25) is 0 Å². The summed E-state index contributed by atoms with van der Waals surface area (Å²) in [5, 5.41) is 9.26. The number of terminal acetylenes is 1. The van der Waals surface area contributed by atoms with E-state index in [0.717, 1.165) is 6.42 Å². The van der Waals surface area contributed by atoms with E-state index in [1.165, 1.54) is 10.4 Å². The average molecular weight is 284 g/mol. The Kier molecular flexibility index (Phi) is 5.60. The van der Waals surface area contributed by atoms with Gasteiger partial charge in [-0.15, -0.1) is 6.42 Å². The second kappa shape index (κ2) is 6.75. The Labute approximate surface area is 114 Å². The Balaban J connectivity index is 3.18. The summed E-state index contributed by atoms with van der Waals surface area (Å²) in [5.41, 5.74) is 0.595. The Morgan fingerprint density at radius 1 is 1.47 bits per heavy atom. The molecule has 0 saturated carbocycles. The monoisotopic (exact) mass is 284 g/mol. The van der Waals surface area contributed by atoms with E-state index in [1.54, 1.807) is 17.7 Å².